The number of ether oxygens (including phenoxy) is 1. The molecular weight excluding hydrogens is 327 g/mol. The van der Waals surface area contributed by atoms with E-state index in [-0.39, 0.29) is 25.1 Å². The summed E-state index contributed by atoms with van der Waals surface area (Å²) in [5.74, 6) is -1.39. The summed E-state index contributed by atoms with van der Waals surface area (Å²) < 4.78 is 64.9. The van der Waals surface area contributed by atoms with Gasteiger partial charge in [0.15, 0.2) is 0 Å². The summed E-state index contributed by atoms with van der Waals surface area (Å²) >= 11 is 0. The number of hydrogen-bond donors (Lipinski definition) is 2. The predicted molar refractivity (Wildman–Crippen MR) is 66.6 cm³/mol. The molecule has 128 valence electrons. The zero-order valence-corrected chi connectivity index (χ0v) is 11.6. The van der Waals surface area contributed by atoms with Crippen molar-refractivity contribution < 1.29 is 31.5 Å². The maximum atomic E-state index is 12.3. The number of amides is 2. The number of rotatable bonds is 5. The molecule has 0 atom stereocenters. The second-order valence-corrected chi connectivity index (χ2v) is 4.94. The maximum Gasteiger partial charge on any atom is 0.391 e. The van der Waals surface area contributed by atoms with E-state index in [0.29, 0.717) is 0 Å². The number of halogens is 5. The van der Waals surface area contributed by atoms with E-state index in [1.54, 1.807) is 0 Å². The topological polar surface area (TPSA) is 76.1 Å². The fourth-order valence-electron chi connectivity index (χ4n) is 2.02. The number of carbonyl (C=O) groups is 1. The molecule has 2 rings (SSSR count). The lowest BCUT2D eigenvalue weighted by Gasteiger charge is -2.36. The molecule has 0 aliphatic heterocycles. The van der Waals surface area contributed by atoms with Gasteiger partial charge in [0.2, 0.25) is 0 Å². The number of aromatic nitrogens is 2. The van der Waals surface area contributed by atoms with E-state index in [4.69, 9.17) is 0 Å². The third-order valence-corrected chi connectivity index (χ3v) is 3.25. The van der Waals surface area contributed by atoms with Crippen LogP contribution in [0.15, 0.2) is 12.3 Å². The van der Waals surface area contributed by atoms with E-state index in [2.05, 4.69) is 25.3 Å². The van der Waals surface area contributed by atoms with Gasteiger partial charge in [-0.1, -0.05) is 0 Å². The van der Waals surface area contributed by atoms with Crippen molar-refractivity contribution in [2.45, 2.75) is 38.2 Å². The zero-order valence-electron chi connectivity index (χ0n) is 11.6. The highest BCUT2D eigenvalue weighted by atomic mass is 19.4. The van der Waals surface area contributed by atoms with Crippen molar-refractivity contribution in [3.05, 3.63) is 18.0 Å². The summed E-state index contributed by atoms with van der Waals surface area (Å²) in [6.07, 6.45) is -3.37. The molecular formula is C12H13F5N4O2. The lowest BCUT2D eigenvalue weighted by molar-refractivity contribution is -0.198. The average Bonchev–Trinajstić information content (AvgIpc) is 2.38. The molecule has 1 aromatic rings. The zero-order chi connectivity index (χ0) is 17.0. The Morgan fingerprint density at radius 1 is 1.39 bits per heavy atom. The van der Waals surface area contributed by atoms with Crippen molar-refractivity contribution in [2.24, 2.45) is 5.92 Å². The largest absolute Gasteiger partial charge is 0.401 e. The predicted octanol–water partition coefficient (Wildman–Crippen LogP) is 2.22. The normalized spacial score (nSPS) is 20.8. The molecule has 1 aliphatic rings. The molecule has 23 heavy (non-hydrogen) atoms. The first-order valence-electron chi connectivity index (χ1n) is 6.62. The van der Waals surface area contributed by atoms with Crippen LogP contribution < -0.4 is 15.4 Å². The fourth-order valence-corrected chi connectivity index (χ4v) is 2.02. The summed E-state index contributed by atoms with van der Waals surface area (Å²) in [4.78, 5) is 18.6. The monoisotopic (exact) mass is 340 g/mol. The molecule has 1 aliphatic carbocycles. The molecule has 1 heterocycles. The SMILES string of the molecule is O=C(NCc1ccnc(OC(F)F)n1)N[C@H]1C[C@H](C(F)(F)F)C1. The molecule has 0 spiro atoms. The standard InChI is InChI=1S/C12H13F5N4O2/c13-9(14)23-11-18-2-1-7(21-11)5-19-10(22)20-8-3-6(4-8)12(15,16)17/h1-2,6,8-9H,3-5H2,(H2,19,20,22)/t6-,8-. The molecule has 6 nitrogen and oxygen atoms in total. The van der Waals surface area contributed by atoms with Gasteiger partial charge in [-0.05, 0) is 18.9 Å². The minimum Gasteiger partial charge on any atom is -0.401 e. The van der Waals surface area contributed by atoms with Crippen LogP contribution in [0.25, 0.3) is 0 Å². The van der Waals surface area contributed by atoms with E-state index in [9.17, 15) is 26.7 Å². The van der Waals surface area contributed by atoms with Gasteiger partial charge in [-0.2, -0.15) is 26.9 Å². The van der Waals surface area contributed by atoms with Gasteiger partial charge in [0.25, 0.3) is 0 Å². The number of hydrogen-bond acceptors (Lipinski definition) is 4. The van der Waals surface area contributed by atoms with E-state index >= 15 is 0 Å². The van der Waals surface area contributed by atoms with Crippen LogP contribution in [-0.4, -0.2) is 34.8 Å². The Kier molecular flexibility index (Phi) is 5.16. The molecule has 0 bridgehead atoms. The maximum absolute atomic E-state index is 12.3. The summed E-state index contributed by atoms with van der Waals surface area (Å²) in [5.41, 5.74) is 0.215. The third kappa shape index (κ3) is 5.18. The minimum atomic E-state index is -4.24. The lowest BCUT2D eigenvalue weighted by Crippen LogP contribution is -2.51. The van der Waals surface area contributed by atoms with Crippen molar-refractivity contribution >= 4 is 6.03 Å². The molecule has 1 aromatic heterocycles. The molecule has 2 amide bonds. The molecule has 0 saturated heterocycles. The Bertz CT molecular complexity index is 548. The number of alkyl halides is 5. The molecule has 1 saturated carbocycles. The highest BCUT2D eigenvalue weighted by Crippen LogP contribution is 2.40. The molecule has 0 radical (unpaired) electrons. The number of carbonyl (C=O) groups excluding carboxylic acids is 1. The van der Waals surface area contributed by atoms with Gasteiger partial charge < -0.3 is 15.4 Å². The van der Waals surface area contributed by atoms with Crippen LogP contribution in [0, 0.1) is 5.92 Å². The van der Waals surface area contributed by atoms with E-state index in [1.165, 1.54) is 12.3 Å². The summed E-state index contributed by atoms with van der Waals surface area (Å²) in [6, 6.07) is -0.358. The first-order valence-corrected chi connectivity index (χ1v) is 6.62. The van der Waals surface area contributed by atoms with Crippen LogP contribution in [0.4, 0.5) is 26.7 Å². The number of urea groups is 1. The Morgan fingerprint density at radius 2 is 2.09 bits per heavy atom. The van der Waals surface area contributed by atoms with Gasteiger partial charge in [0.1, 0.15) is 0 Å². The van der Waals surface area contributed by atoms with Crippen LogP contribution in [0.3, 0.4) is 0 Å². The van der Waals surface area contributed by atoms with Gasteiger partial charge in [0, 0.05) is 12.2 Å². The Balaban J connectivity index is 1.73. The molecule has 1 fully saturated rings. The quantitative estimate of drug-likeness (QED) is 0.806. The summed E-state index contributed by atoms with van der Waals surface area (Å²) in [5, 5.41) is 4.76. The Morgan fingerprint density at radius 3 is 2.70 bits per heavy atom. The first-order chi connectivity index (χ1) is 10.7. The lowest BCUT2D eigenvalue weighted by atomic mass is 9.80. The smallest absolute Gasteiger partial charge is 0.391 e. The third-order valence-electron chi connectivity index (χ3n) is 3.25. The van der Waals surface area contributed by atoms with E-state index < -0.39 is 36.8 Å². The van der Waals surface area contributed by atoms with Crippen LogP contribution in [0.1, 0.15) is 18.5 Å². The van der Waals surface area contributed by atoms with Crippen molar-refractivity contribution in [3.63, 3.8) is 0 Å². The van der Waals surface area contributed by atoms with Gasteiger partial charge in [0.05, 0.1) is 18.2 Å². The second-order valence-electron chi connectivity index (χ2n) is 4.94. The van der Waals surface area contributed by atoms with Crippen LogP contribution >= 0.6 is 0 Å². The Labute approximate surface area is 127 Å². The molecule has 11 heteroatoms. The molecule has 0 aromatic carbocycles. The van der Waals surface area contributed by atoms with Gasteiger partial charge in [-0.25, -0.2) is 9.78 Å². The van der Waals surface area contributed by atoms with E-state index in [0.717, 1.165) is 0 Å². The van der Waals surface area contributed by atoms with Crippen LogP contribution in [0.5, 0.6) is 6.01 Å². The summed E-state index contributed by atoms with van der Waals surface area (Å²) in [7, 11) is 0. The van der Waals surface area contributed by atoms with Gasteiger partial charge in [-0.3, -0.25) is 0 Å². The number of nitrogens with zero attached hydrogens (tertiary/aromatic N) is 2. The molecule has 0 unspecified atom stereocenters. The highest BCUT2D eigenvalue weighted by Gasteiger charge is 2.48. The fraction of sp³-hybridized carbons (Fsp3) is 0.583. The summed E-state index contributed by atoms with van der Waals surface area (Å²) in [6.45, 7) is -3.18. The van der Waals surface area contributed by atoms with Crippen molar-refractivity contribution in [3.8, 4) is 6.01 Å². The average molecular weight is 340 g/mol. The Hall–Kier alpha value is -2.20. The first kappa shape index (κ1) is 17.2. The van der Waals surface area contributed by atoms with Crippen molar-refractivity contribution in [1.82, 2.24) is 20.6 Å². The van der Waals surface area contributed by atoms with Crippen LogP contribution in [0.2, 0.25) is 0 Å². The molecule has 2 N–H and O–H groups in total. The minimum absolute atomic E-state index is 0.108. The number of nitrogens with one attached hydrogen (secondary N) is 2. The van der Waals surface area contributed by atoms with Crippen LogP contribution in [-0.2, 0) is 6.54 Å². The van der Waals surface area contributed by atoms with E-state index in [1.807, 2.05) is 0 Å². The second kappa shape index (κ2) is 6.92. The van der Waals surface area contributed by atoms with Gasteiger partial charge in [-0.15, -0.1) is 0 Å². The van der Waals surface area contributed by atoms with Gasteiger partial charge >= 0.3 is 24.8 Å². The van der Waals surface area contributed by atoms with Crippen molar-refractivity contribution in [2.75, 3.05) is 0 Å². The highest BCUT2D eigenvalue weighted by molar-refractivity contribution is 5.74. The van der Waals surface area contributed by atoms with Crippen molar-refractivity contribution in [1.29, 1.82) is 0 Å².